The van der Waals surface area contributed by atoms with E-state index in [4.69, 9.17) is 16.6 Å². The van der Waals surface area contributed by atoms with Gasteiger partial charge >= 0.3 is 0 Å². The lowest BCUT2D eigenvalue weighted by Crippen LogP contribution is -2.39. The maximum atomic E-state index is 6.04. The molecule has 1 aromatic carbocycles. The first kappa shape index (κ1) is 17.2. The molecule has 0 spiro atoms. The minimum Gasteiger partial charge on any atom is -0.341 e. The molecule has 1 saturated heterocycles. The van der Waals surface area contributed by atoms with E-state index in [1.165, 1.54) is 60.2 Å². The van der Waals surface area contributed by atoms with Gasteiger partial charge in [0.1, 0.15) is 5.82 Å². The predicted octanol–water partition coefficient (Wildman–Crippen LogP) is 4.72. The summed E-state index contributed by atoms with van der Waals surface area (Å²) < 4.78 is 2.49. The molecule has 1 atom stereocenters. The zero-order valence-electron chi connectivity index (χ0n) is 15.8. The summed E-state index contributed by atoms with van der Waals surface area (Å²) >= 11 is 6.04. The number of aromatic nitrogens is 3. The lowest BCUT2D eigenvalue weighted by molar-refractivity contribution is 0.138. The zero-order valence-corrected chi connectivity index (χ0v) is 16.5. The molecule has 27 heavy (non-hydrogen) atoms. The van der Waals surface area contributed by atoms with Crippen LogP contribution in [-0.2, 0) is 19.4 Å². The van der Waals surface area contributed by atoms with Crippen molar-refractivity contribution in [1.29, 1.82) is 0 Å². The summed E-state index contributed by atoms with van der Waals surface area (Å²) in [6, 6.07) is 8.75. The highest BCUT2D eigenvalue weighted by molar-refractivity contribution is 6.30. The van der Waals surface area contributed by atoms with Gasteiger partial charge in [0.2, 0.25) is 0 Å². The third kappa shape index (κ3) is 3.05. The number of fused-ring (bicyclic) bond motifs is 5. The molecule has 1 fully saturated rings. The number of nitrogens with zero attached hydrogens (tertiary/aromatic N) is 4. The Hall–Kier alpha value is -1.91. The molecular weight excluding hydrogens is 356 g/mol. The molecule has 2 aromatic heterocycles. The molecule has 140 valence electrons. The molecule has 0 aliphatic carbocycles. The molecule has 2 aliphatic heterocycles. The molecule has 4 heterocycles. The molecule has 3 aromatic rings. The van der Waals surface area contributed by atoms with Crippen LogP contribution in [0.1, 0.15) is 47.9 Å². The summed E-state index contributed by atoms with van der Waals surface area (Å²) in [6.07, 6.45) is 8.05. The molecule has 5 heteroatoms. The summed E-state index contributed by atoms with van der Waals surface area (Å²) in [5.74, 6) is 0.869. The molecular formula is C22H25ClN4. The van der Waals surface area contributed by atoms with Crippen LogP contribution in [0.5, 0.6) is 0 Å². The smallest absolute Gasteiger partial charge is 0.126 e. The van der Waals surface area contributed by atoms with E-state index in [1.54, 1.807) is 0 Å². The number of hydrogen-bond acceptors (Lipinski definition) is 3. The molecule has 5 rings (SSSR count). The lowest BCUT2D eigenvalue weighted by Gasteiger charge is -2.39. The van der Waals surface area contributed by atoms with Crippen molar-refractivity contribution in [3.05, 3.63) is 58.1 Å². The molecule has 4 nitrogen and oxygen atoms in total. The van der Waals surface area contributed by atoms with Crippen LogP contribution in [0.3, 0.4) is 0 Å². The highest BCUT2D eigenvalue weighted by atomic mass is 35.5. The van der Waals surface area contributed by atoms with Gasteiger partial charge in [-0.2, -0.15) is 0 Å². The van der Waals surface area contributed by atoms with Crippen LogP contribution in [-0.4, -0.2) is 32.5 Å². The normalized spacial score (nSPS) is 19.9. The summed E-state index contributed by atoms with van der Waals surface area (Å²) in [5.41, 5.74) is 6.68. The number of rotatable bonds is 3. The quantitative estimate of drug-likeness (QED) is 0.659. The molecule has 0 bridgehead atoms. The van der Waals surface area contributed by atoms with Crippen molar-refractivity contribution in [2.24, 2.45) is 0 Å². The number of piperidine rings is 1. The molecule has 0 radical (unpaired) electrons. The maximum Gasteiger partial charge on any atom is 0.126 e. The first-order chi connectivity index (χ1) is 13.2. The van der Waals surface area contributed by atoms with Crippen LogP contribution in [0.15, 0.2) is 30.5 Å². The van der Waals surface area contributed by atoms with Crippen LogP contribution in [0, 0.1) is 6.92 Å². The van der Waals surface area contributed by atoms with Gasteiger partial charge in [0.05, 0.1) is 17.2 Å². The molecule has 0 saturated carbocycles. The Morgan fingerprint density at radius 1 is 1.15 bits per heavy atom. The van der Waals surface area contributed by atoms with E-state index >= 15 is 0 Å². The standard InChI is InChI=1S/C22H25ClN4/c1-15-24-14-20-22(25-15)21-18-4-2-3-11-26(18)12-10-19(21)27(20)13-9-16-5-7-17(23)8-6-16/h5-8,14,18H,2-4,9-13H2,1H3. The van der Waals surface area contributed by atoms with Gasteiger partial charge in [0, 0.05) is 41.8 Å². The first-order valence-electron chi connectivity index (χ1n) is 10.0. The van der Waals surface area contributed by atoms with Crippen molar-refractivity contribution in [3.63, 3.8) is 0 Å². The second-order valence-electron chi connectivity index (χ2n) is 7.84. The molecule has 1 unspecified atom stereocenters. The van der Waals surface area contributed by atoms with Crippen LogP contribution in [0.4, 0.5) is 0 Å². The van der Waals surface area contributed by atoms with E-state index in [-0.39, 0.29) is 0 Å². The van der Waals surface area contributed by atoms with Crippen molar-refractivity contribution in [1.82, 2.24) is 19.4 Å². The SMILES string of the molecule is Cc1ncc2c(n1)c1c(n2CCc2ccc(Cl)cc2)CCN2CCCCC12. The fraction of sp³-hybridized carbons (Fsp3) is 0.455. The third-order valence-corrected chi connectivity index (χ3v) is 6.44. The second kappa shape index (κ2) is 6.92. The Bertz CT molecular complexity index is 976. The summed E-state index contributed by atoms with van der Waals surface area (Å²) in [5, 5.41) is 0.795. The summed E-state index contributed by atoms with van der Waals surface area (Å²) in [6.45, 7) is 5.36. The van der Waals surface area contributed by atoms with E-state index < -0.39 is 0 Å². The Labute approximate surface area is 165 Å². The number of hydrogen-bond donors (Lipinski definition) is 0. The van der Waals surface area contributed by atoms with Crippen molar-refractivity contribution in [2.75, 3.05) is 13.1 Å². The van der Waals surface area contributed by atoms with E-state index in [2.05, 4.69) is 26.6 Å². The van der Waals surface area contributed by atoms with Crippen LogP contribution >= 0.6 is 11.6 Å². The Morgan fingerprint density at radius 3 is 2.85 bits per heavy atom. The number of benzene rings is 1. The van der Waals surface area contributed by atoms with Gasteiger partial charge in [-0.3, -0.25) is 4.90 Å². The predicted molar refractivity (Wildman–Crippen MR) is 109 cm³/mol. The van der Waals surface area contributed by atoms with Crippen molar-refractivity contribution < 1.29 is 0 Å². The largest absolute Gasteiger partial charge is 0.341 e. The first-order valence-corrected chi connectivity index (χ1v) is 10.4. The minimum atomic E-state index is 0.538. The molecule has 0 N–H and O–H groups in total. The lowest BCUT2D eigenvalue weighted by atomic mass is 9.90. The Kier molecular flexibility index (Phi) is 4.41. The van der Waals surface area contributed by atoms with Crippen LogP contribution < -0.4 is 0 Å². The topological polar surface area (TPSA) is 34.0 Å². The van der Waals surface area contributed by atoms with Gasteiger partial charge in [-0.15, -0.1) is 0 Å². The average molecular weight is 381 g/mol. The van der Waals surface area contributed by atoms with E-state index in [0.29, 0.717) is 6.04 Å². The average Bonchev–Trinajstić information content (AvgIpc) is 3.01. The van der Waals surface area contributed by atoms with Crippen LogP contribution in [0.25, 0.3) is 11.0 Å². The van der Waals surface area contributed by atoms with Gasteiger partial charge < -0.3 is 4.57 Å². The van der Waals surface area contributed by atoms with Gasteiger partial charge in [-0.1, -0.05) is 30.2 Å². The van der Waals surface area contributed by atoms with E-state index in [9.17, 15) is 0 Å². The highest BCUT2D eigenvalue weighted by Gasteiger charge is 2.34. The zero-order chi connectivity index (χ0) is 18.4. The van der Waals surface area contributed by atoms with Crippen molar-refractivity contribution >= 4 is 22.6 Å². The summed E-state index contributed by atoms with van der Waals surface area (Å²) in [7, 11) is 0. The van der Waals surface area contributed by atoms with Gasteiger partial charge in [-0.05, 0) is 50.4 Å². The van der Waals surface area contributed by atoms with E-state index in [0.717, 1.165) is 30.2 Å². The highest BCUT2D eigenvalue weighted by Crippen LogP contribution is 2.41. The Morgan fingerprint density at radius 2 is 2.00 bits per heavy atom. The summed E-state index contributed by atoms with van der Waals surface area (Å²) in [4.78, 5) is 12.1. The number of halogens is 1. The monoisotopic (exact) mass is 380 g/mol. The number of aryl methyl sites for hydroxylation is 3. The van der Waals surface area contributed by atoms with E-state index in [1.807, 2.05) is 25.3 Å². The minimum absolute atomic E-state index is 0.538. The van der Waals surface area contributed by atoms with Gasteiger partial charge in [0.25, 0.3) is 0 Å². The van der Waals surface area contributed by atoms with Crippen molar-refractivity contribution in [3.8, 4) is 0 Å². The van der Waals surface area contributed by atoms with Crippen LogP contribution in [0.2, 0.25) is 5.02 Å². The second-order valence-corrected chi connectivity index (χ2v) is 8.27. The van der Waals surface area contributed by atoms with Gasteiger partial charge in [-0.25, -0.2) is 9.97 Å². The molecule has 2 aliphatic rings. The van der Waals surface area contributed by atoms with Gasteiger partial charge in [0.15, 0.2) is 0 Å². The van der Waals surface area contributed by atoms with Crippen molar-refractivity contribution in [2.45, 2.75) is 51.6 Å². The fourth-order valence-corrected chi connectivity index (χ4v) is 5.02. The molecule has 0 amide bonds. The third-order valence-electron chi connectivity index (χ3n) is 6.19. The Balaban J connectivity index is 1.57. The fourth-order valence-electron chi connectivity index (χ4n) is 4.89. The maximum absolute atomic E-state index is 6.04.